The number of anilines is 1. The Morgan fingerprint density at radius 3 is 2.12 bits per heavy atom. The Morgan fingerprint density at radius 2 is 1.42 bits per heavy atom. The first kappa shape index (κ1) is 14.9. The lowest BCUT2D eigenvalue weighted by Gasteiger charge is -2.18. The molecular formula is C21H21N3. The normalized spacial score (nSPS) is 13.7. The molecule has 0 radical (unpaired) electrons. The maximum absolute atomic E-state index is 4.06. The first-order valence-electron chi connectivity index (χ1n) is 8.38. The van der Waals surface area contributed by atoms with Gasteiger partial charge in [-0.25, -0.2) is 0 Å². The maximum Gasteiger partial charge on any atom is 0.0404 e. The quantitative estimate of drug-likeness (QED) is 0.764. The van der Waals surface area contributed by atoms with Gasteiger partial charge in [-0.2, -0.15) is 0 Å². The lowest BCUT2D eigenvalue weighted by atomic mass is 10.1. The van der Waals surface area contributed by atoms with Crippen molar-refractivity contribution in [2.75, 3.05) is 5.32 Å². The topological polar surface area (TPSA) is 28.2 Å². The van der Waals surface area contributed by atoms with Gasteiger partial charge in [0.25, 0.3) is 0 Å². The number of fused-ring (bicyclic) bond motifs is 1. The van der Waals surface area contributed by atoms with Crippen molar-refractivity contribution in [2.45, 2.75) is 26.2 Å². The van der Waals surface area contributed by atoms with E-state index in [-0.39, 0.29) is 0 Å². The first-order chi connectivity index (χ1) is 11.9. The largest absolute Gasteiger partial charge is 0.381 e. The molecule has 0 aliphatic carbocycles. The smallest absolute Gasteiger partial charge is 0.0404 e. The van der Waals surface area contributed by atoms with Gasteiger partial charge in [-0.15, -0.1) is 0 Å². The van der Waals surface area contributed by atoms with Crippen molar-refractivity contribution in [3.05, 3.63) is 95.3 Å². The minimum atomic E-state index is 0.834. The van der Waals surface area contributed by atoms with Crippen LogP contribution in [-0.4, -0.2) is 9.88 Å². The molecule has 1 aliphatic rings. The van der Waals surface area contributed by atoms with Crippen LogP contribution in [0.5, 0.6) is 0 Å². The molecule has 0 bridgehead atoms. The van der Waals surface area contributed by atoms with E-state index in [1.54, 1.807) is 0 Å². The molecule has 120 valence electrons. The molecule has 2 heterocycles. The molecule has 1 aromatic heterocycles. The van der Waals surface area contributed by atoms with Crippen LogP contribution in [0.15, 0.2) is 73.1 Å². The van der Waals surface area contributed by atoms with Crippen LogP contribution < -0.4 is 5.32 Å². The number of nitrogens with zero attached hydrogens (tertiary/aromatic N) is 2. The second-order valence-electron chi connectivity index (χ2n) is 6.27. The van der Waals surface area contributed by atoms with Gasteiger partial charge >= 0.3 is 0 Å². The standard InChI is InChI=1S/C21H21N3/c1-2-6-18(14-24-15-19-7-3-4-8-20(19)16-24)17(5-1)13-23-21-9-11-22-12-10-21/h1-12H,13-16H2,(H,22,23). The van der Waals surface area contributed by atoms with E-state index in [1.165, 1.54) is 22.3 Å². The van der Waals surface area contributed by atoms with Crippen molar-refractivity contribution in [1.29, 1.82) is 0 Å². The second-order valence-corrected chi connectivity index (χ2v) is 6.27. The maximum atomic E-state index is 4.06. The minimum absolute atomic E-state index is 0.834. The third-order valence-electron chi connectivity index (χ3n) is 4.58. The number of hydrogen-bond acceptors (Lipinski definition) is 3. The van der Waals surface area contributed by atoms with Crippen LogP contribution in [0.2, 0.25) is 0 Å². The van der Waals surface area contributed by atoms with E-state index in [2.05, 4.69) is 63.7 Å². The van der Waals surface area contributed by atoms with Crippen LogP contribution >= 0.6 is 0 Å². The van der Waals surface area contributed by atoms with Crippen molar-refractivity contribution >= 4 is 5.69 Å². The Morgan fingerprint density at radius 1 is 0.792 bits per heavy atom. The molecule has 3 aromatic rings. The second kappa shape index (κ2) is 6.85. The summed E-state index contributed by atoms with van der Waals surface area (Å²) in [6, 6.07) is 21.5. The molecule has 4 rings (SSSR count). The molecule has 0 unspecified atom stereocenters. The fourth-order valence-corrected chi connectivity index (χ4v) is 3.31. The van der Waals surface area contributed by atoms with E-state index in [9.17, 15) is 0 Å². The van der Waals surface area contributed by atoms with E-state index in [0.29, 0.717) is 0 Å². The molecule has 0 saturated heterocycles. The van der Waals surface area contributed by atoms with E-state index < -0.39 is 0 Å². The number of hydrogen-bond donors (Lipinski definition) is 1. The fourth-order valence-electron chi connectivity index (χ4n) is 3.31. The molecule has 1 N–H and O–H groups in total. The van der Waals surface area contributed by atoms with Gasteiger partial charge in [0.15, 0.2) is 0 Å². The summed E-state index contributed by atoms with van der Waals surface area (Å²) in [5, 5.41) is 3.48. The predicted molar refractivity (Wildman–Crippen MR) is 97.4 cm³/mol. The Labute approximate surface area is 143 Å². The van der Waals surface area contributed by atoms with Gasteiger partial charge in [-0.05, 0) is 34.4 Å². The SMILES string of the molecule is c1ccc(CN2Cc3ccccc3C2)c(CNc2ccncc2)c1. The summed E-state index contributed by atoms with van der Waals surface area (Å²) in [6.07, 6.45) is 3.63. The van der Waals surface area contributed by atoms with E-state index in [4.69, 9.17) is 0 Å². The summed E-state index contributed by atoms with van der Waals surface area (Å²) in [7, 11) is 0. The lowest BCUT2D eigenvalue weighted by molar-refractivity contribution is 0.275. The average molecular weight is 315 g/mol. The van der Waals surface area contributed by atoms with Crippen molar-refractivity contribution in [2.24, 2.45) is 0 Å². The molecule has 0 fully saturated rings. The highest BCUT2D eigenvalue weighted by Gasteiger charge is 2.18. The fraction of sp³-hybridized carbons (Fsp3) is 0.190. The van der Waals surface area contributed by atoms with Crippen molar-refractivity contribution < 1.29 is 0 Å². The molecule has 24 heavy (non-hydrogen) atoms. The van der Waals surface area contributed by atoms with Gasteiger partial charge in [0.2, 0.25) is 0 Å². The van der Waals surface area contributed by atoms with Crippen LogP contribution in [-0.2, 0) is 26.2 Å². The van der Waals surface area contributed by atoms with Gasteiger partial charge in [-0.3, -0.25) is 9.88 Å². The zero-order valence-corrected chi connectivity index (χ0v) is 13.7. The minimum Gasteiger partial charge on any atom is -0.381 e. The van der Waals surface area contributed by atoms with Crippen LogP contribution in [0.4, 0.5) is 5.69 Å². The molecule has 1 aliphatic heterocycles. The third kappa shape index (κ3) is 3.31. The van der Waals surface area contributed by atoms with Crippen molar-refractivity contribution in [1.82, 2.24) is 9.88 Å². The highest BCUT2D eigenvalue weighted by atomic mass is 15.1. The van der Waals surface area contributed by atoms with Crippen LogP contribution in [0.3, 0.4) is 0 Å². The van der Waals surface area contributed by atoms with Crippen molar-refractivity contribution in [3.63, 3.8) is 0 Å². The molecule has 3 nitrogen and oxygen atoms in total. The Bertz CT molecular complexity index is 789. The number of rotatable bonds is 5. The highest BCUT2D eigenvalue weighted by molar-refractivity contribution is 5.42. The highest BCUT2D eigenvalue weighted by Crippen LogP contribution is 2.25. The first-order valence-corrected chi connectivity index (χ1v) is 8.38. The predicted octanol–water partition coefficient (Wildman–Crippen LogP) is 4.21. The zero-order valence-electron chi connectivity index (χ0n) is 13.7. The van der Waals surface area contributed by atoms with Gasteiger partial charge in [0.05, 0.1) is 0 Å². The Kier molecular flexibility index (Phi) is 4.26. The number of aromatic nitrogens is 1. The van der Waals surface area contributed by atoms with Crippen LogP contribution in [0, 0.1) is 0 Å². The molecule has 0 spiro atoms. The van der Waals surface area contributed by atoms with Gasteiger partial charge < -0.3 is 5.32 Å². The van der Waals surface area contributed by atoms with Gasteiger partial charge in [-0.1, -0.05) is 48.5 Å². The molecule has 0 atom stereocenters. The average Bonchev–Trinajstić information content (AvgIpc) is 3.04. The summed E-state index contributed by atoms with van der Waals surface area (Å²) >= 11 is 0. The summed E-state index contributed by atoms with van der Waals surface area (Å²) in [4.78, 5) is 6.57. The molecular weight excluding hydrogens is 294 g/mol. The summed E-state index contributed by atoms with van der Waals surface area (Å²) in [5.74, 6) is 0. The summed E-state index contributed by atoms with van der Waals surface area (Å²) < 4.78 is 0. The molecule has 0 saturated carbocycles. The molecule has 0 amide bonds. The van der Waals surface area contributed by atoms with Gasteiger partial charge in [0.1, 0.15) is 0 Å². The molecule has 3 heteroatoms. The Balaban J connectivity index is 1.45. The monoisotopic (exact) mass is 315 g/mol. The van der Waals surface area contributed by atoms with E-state index >= 15 is 0 Å². The Hall–Kier alpha value is -2.65. The number of nitrogens with one attached hydrogen (secondary N) is 1. The van der Waals surface area contributed by atoms with E-state index in [0.717, 1.165) is 31.9 Å². The van der Waals surface area contributed by atoms with Crippen LogP contribution in [0.1, 0.15) is 22.3 Å². The van der Waals surface area contributed by atoms with Gasteiger partial charge in [0, 0.05) is 44.3 Å². The summed E-state index contributed by atoms with van der Waals surface area (Å²) in [5.41, 5.74) is 6.78. The third-order valence-corrected chi connectivity index (χ3v) is 4.58. The molecule has 2 aromatic carbocycles. The van der Waals surface area contributed by atoms with Crippen molar-refractivity contribution in [3.8, 4) is 0 Å². The lowest BCUT2D eigenvalue weighted by Crippen LogP contribution is -2.17. The zero-order chi connectivity index (χ0) is 16.2. The summed E-state index contributed by atoms with van der Waals surface area (Å²) in [6.45, 7) is 3.91. The van der Waals surface area contributed by atoms with Crippen LogP contribution in [0.25, 0.3) is 0 Å². The number of benzene rings is 2. The van der Waals surface area contributed by atoms with E-state index in [1.807, 2.05) is 24.5 Å². The number of pyridine rings is 1.